The third-order valence-electron chi connectivity index (χ3n) is 5.00. The number of nitrogens with zero attached hydrogens (tertiary/aromatic N) is 3. The third kappa shape index (κ3) is 3.48. The number of rotatable bonds is 5. The van der Waals surface area contributed by atoms with Gasteiger partial charge in [-0.25, -0.2) is 0 Å². The van der Waals surface area contributed by atoms with Gasteiger partial charge in [0.2, 0.25) is 0 Å². The number of aliphatic hydroxyl groups is 1. The van der Waals surface area contributed by atoms with Gasteiger partial charge < -0.3 is 20.6 Å². The first-order chi connectivity index (χ1) is 14.3. The molecule has 1 aromatic heterocycles. The highest BCUT2D eigenvalue weighted by Gasteiger charge is 2.43. The predicted octanol–water partition coefficient (Wildman–Crippen LogP) is 2.25. The normalized spacial score (nSPS) is 18.1. The van der Waals surface area contributed by atoms with Crippen LogP contribution in [0, 0.1) is 6.92 Å². The second-order valence-corrected chi connectivity index (χ2v) is 6.99. The number of nitrogens with one attached hydrogen (secondary N) is 2. The Labute approximate surface area is 170 Å². The molecule has 2 aliphatic heterocycles. The number of aromatic nitrogens is 1. The van der Waals surface area contributed by atoms with Gasteiger partial charge in [-0.2, -0.15) is 13.2 Å². The first kappa shape index (κ1) is 20.2. The van der Waals surface area contributed by atoms with Gasteiger partial charge in [-0.15, -0.1) is 0 Å². The Morgan fingerprint density at radius 3 is 2.73 bits per heavy atom. The number of amides is 1. The summed E-state index contributed by atoms with van der Waals surface area (Å²) in [7, 11) is 0. The minimum Gasteiger partial charge on any atom is -0.395 e. The van der Waals surface area contributed by atoms with Gasteiger partial charge in [0.25, 0.3) is 5.91 Å². The summed E-state index contributed by atoms with van der Waals surface area (Å²) in [6.45, 7) is 2.43. The second-order valence-electron chi connectivity index (χ2n) is 6.99. The highest BCUT2D eigenvalue weighted by atomic mass is 19.4. The van der Waals surface area contributed by atoms with E-state index in [0.717, 1.165) is 12.1 Å². The average Bonchev–Trinajstić information content (AvgIpc) is 3.13. The van der Waals surface area contributed by atoms with Crippen LogP contribution in [-0.2, 0) is 11.0 Å². The summed E-state index contributed by atoms with van der Waals surface area (Å²) in [5.74, 6) is -0.411. The summed E-state index contributed by atoms with van der Waals surface area (Å²) in [6.07, 6.45) is -2.07. The number of carbonyl (C=O) groups is 1. The number of aryl methyl sites for hydroxylation is 1. The van der Waals surface area contributed by atoms with Crippen molar-refractivity contribution in [3.05, 3.63) is 59.7 Å². The zero-order valence-electron chi connectivity index (χ0n) is 16.1. The maximum Gasteiger partial charge on any atom is 0.416 e. The first-order valence-corrected chi connectivity index (χ1v) is 9.35. The smallest absolute Gasteiger partial charge is 0.395 e. The van der Waals surface area contributed by atoms with Gasteiger partial charge in [0.1, 0.15) is 0 Å². The van der Waals surface area contributed by atoms with Crippen molar-refractivity contribution in [2.24, 2.45) is 0 Å². The number of anilines is 3. The molecule has 4 rings (SSSR count). The third-order valence-corrected chi connectivity index (χ3v) is 5.00. The molecule has 0 radical (unpaired) electrons. The molecule has 0 bridgehead atoms. The van der Waals surface area contributed by atoms with E-state index in [4.69, 9.17) is 5.11 Å². The monoisotopic (exact) mass is 419 g/mol. The van der Waals surface area contributed by atoms with Crippen molar-refractivity contribution >= 4 is 23.0 Å². The zero-order chi connectivity index (χ0) is 21.5. The van der Waals surface area contributed by atoms with E-state index in [-0.39, 0.29) is 12.3 Å². The number of benzene rings is 1. The number of halogens is 3. The molecule has 7 nitrogen and oxygen atoms in total. The lowest BCUT2D eigenvalue weighted by atomic mass is 10.1. The Morgan fingerprint density at radius 1 is 1.23 bits per heavy atom. The first-order valence-electron chi connectivity index (χ1n) is 9.35. The molecular weight excluding hydrogens is 399 g/mol. The van der Waals surface area contributed by atoms with Crippen LogP contribution in [0.1, 0.15) is 11.3 Å². The second kappa shape index (κ2) is 7.62. The molecule has 10 heteroatoms. The number of alkyl halides is 3. The molecule has 0 saturated carbocycles. The Hall–Kier alpha value is -3.11. The molecular formula is C20H20F3N5O2. The van der Waals surface area contributed by atoms with Crippen molar-refractivity contribution < 1.29 is 23.1 Å². The van der Waals surface area contributed by atoms with Crippen LogP contribution < -0.4 is 20.4 Å². The average molecular weight is 419 g/mol. The zero-order valence-corrected chi connectivity index (χ0v) is 16.1. The van der Waals surface area contributed by atoms with Gasteiger partial charge in [-0.1, -0.05) is 0 Å². The van der Waals surface area contributed by atoms with Crippen LogP contribution in [0.5, 0.6) is 0 Å². The molecule has 2 aromatic rings. The molecule has 0 aliphatic carbocycles. The molecule has 1 amide bonds. The topological polar surface area (TPSA) is 80.7 Å². The lowest BCUT2D eigenvalue weighted by Gasteiger charge is -2.39. The molecule has 30 heavy (non-hydrogen) atoms. The maximum atomic E-state index is 13.4. The summed E-state index contributed by atoms with van der Waals surface area (Å²) < 4.78 is 40.2. The molecule has 0 spiro atoms. The minimum absolute atomic E-state index is 0.0313. The van der Waals surface area contributed by atoms with Crippen molar-refractivity contribution in [3.63, 3.8) is 0 Å². The Morgan fingerprint density at radius 2 is 2.03 bits per heavy atom. The molecule has 3 N–H and O–H groups in total. The van der Waals surface area contributed by atoms with Crippen LogP contribution in [0.2, 0.25) is 0 Å². The largest absolute Gasteiger partial charge is 0.416 e. The van der Waals surface area contributed by atoms with Gasteiger partial charge in [-0.3, -0.25) is 14.7 Å². The van der Waals surface area contributed by atoms with Crippen LogP contribution in [0.15, 0.2) is 48.4 Å². The van der Waals surface area contributed by atoms with Crippen molar-refractivity contribution in [1.82, 2.24) is 15.6 Å². The summed E-state index contributed by atoms with van der Waals surface area (Å²) in [5.41, 5.74) is 1.43. The fourth-order valence-corrected chi connectivity index (χ4v) is 3.61. The van der Waals surface area contributed by atoms with Crippen LogP contribution in [0.4, 0.5) is 30.2 Å². The Kier molecular flexibility index (Phi) is 5.12. The molecule has 1 aromatic carbocycles. The van der Waals surface area contributed by atoms with E-state index in [1.54, 1.807) is 36.4 Å². The highest BCUT2D eigenvalue weighted by Crippen LogP contribution is 2.45. The highest BCUT2D eigenvalue weighted by molar-refractivity contribution is 6.11. The number of aliphatic hydroxyl groups excluding tert-OH is 1. The van der Waals surface area contributed by atoms with E-state index in [1.807, 2.05) is 0 Å². The van der Waals surface area contributed by atoms with E-state index in [1.165, 1.54) is 11.0 Å². The quantitative estimate of drug-likeness (QED) is 0.645. The van der Waals surface area contributed by atoms with Gasteiger partial charge in [-0.05, 0) is 37.3 Å². The Bertz CT molecular complexity index is 1010. The van der Waals surface area contributed by atoms with Crippen molar-refractivity contribution in [1.29, 1.82) is 0 Å². The predicted molar refractivity (Wildman–Crippen MR) is 105 cm³/mol. The molecule has 158 valence electrons. The molecule has 2 aliphatic rings. The number of carbonyl (C=O) groups excluding carboxylic acids is 1. The number of hydrogen-bond acceptors (Lipinski definition) is 6. The van der Waals surface area contributed by atoms with Crippen LogP contribution in [0.3, 0.4) is 0 Å². The van der Waals surface area contributed by atoms with E-state index < -0.39 is 23.8 Å². The van der Waals surface area contributed by atoms with E-state index >= 15 is 0 Å². The van der Waals surface area contributed by atoms with Crippen LogP contribution in [0.25, 0.3) is 0 Å². The van der Waals surface area contributed by atoms with Crippen molar-refractivity contribution in [2.45, 2.75) is 19.3 Å². The number of fused-ring (bicyclic) bond motifs is 3. The maximum absolute atomic E-state index is 13.4. The number of pyridine rings is 1. The van der Waals surface area contributed by atoms with Crippen LogP contribution >= 0.6 is 0 Å². The molecule has 1 atom stereocenters. The van der Waals surface area contributed by atoms with Gasteiger partial charge in [0, 0.05) is 31.2 Å². The van der Waals surface area contributed by atoms with Crippen molar-refractivity contribution in [3.8, 4) is 0 Å². The Balaban J connectivity index is 1.81. The standard InChI is InChI=1S/C20H20F3N5O2/c1-12-15(3-2-6-25-12)28-17-9-13(20(21,22)23)4-5-16(17)27-11-14(10-24-7-8-29)26-18(27)19(28)30/h2-6,9,11,18,24,26,29H,7-8,10H2,1H3. The summed E-state index contributed by atoms with van der Waals surface area (Å²) in [6, 6.07) is 6.67. The van der Waals surface area contributed by atoms with Crippen molar-refractivity contribution in [2.75, 3.05) is 29.5 Å². The van der Waals surface area contributed by atoms with E-state index in [9.17, 15) is 18.0 Å². The number of hydrogen-bond donors (Lipinski definition) is 3. The lowest BCUT2D eigenvalue weighted by Crippen LogP contribution is -2.53. The summed E-state index contributed by atoms with van der Waals surface area (Å²) >= 11 is 0. The molecule has 0 fully saturated rings. The fraction of sp³-hybridized carbons (Fsp3) is 0.300. The van der Waals surface area contributed by atoms with Gasteiger partial charge >= 0.3 is 6.18 Å². The van der Waals surface area contributed by atoms with Gasteiger partial charge in [0.05, 0.1) is 34.9 Å². The molecule has 0 saturated heterocycles. The fourth-order valence-electron chi connectivity index (χ4n) is 3.61. The van der Waals surface area contributed by atoms with E-state index in [2.05, 4.69) is 15.6 Å². The molecule has 1 unspecified atom stereocenters. The van der Waals surface area contributed by atoms with E-state index in [0.29, 0.717) is 35.9 Å². The molecule has 3 heterocycles. The summed E-state index contributed by atoms with van der Waals surface area (Å²) in [5, 5.41) is 15.1. The SMILES string of the molecule is Cc1ncccc1N1C(=O)C2NC(CNCCO)=CN2c2ccc(C(F)(F)F)cc21. The summed E-state index contributed by atoms with van der Waals surface area (Å²) in [4.78, 5) is 20.5. The minimum atomic E-state index is -4.54. The van der Waals surface area contributed by atoms with Gasteiger partial charge in [0.15, 0.2) is 6.17 Å². The van der Waals surface area contributed by atoms with Crippen LogP contribution in [-0.4, -0.2) is 41.9 Å². The lowest BCUT2D eigenvalue weighted by molar-refractivity contribution is -0.137.